The van der Waals surface area contributed by atoms with Crippen LogP contribution in [0.4, 0.5) is 13.2 Å². The topological polar surface area (TPSA) is 44.1 Å². The minimum atomic E-state index is -4.69. The average Bonchev–Trinajstić information content (AvgIpc) is 2.90. The third-order valence-corrected chi connectivity index (χ3v) is 3.71. The molecule has 0 N–H and O–H groups in total. The monoisotopic (exact) mass is 322 g/mol. The number of halogens is 3. The molecular formula is C16H13F3N2O2. The van der Waals surface area contributed by atoms with Crippen LogP contribution in [0.5, 0.6) is 0 Å². The SMILES string of the molecule is COC(=O)c1c(C(F)(F)F)c(-c2cccnc2)n2c1C=CCC2. The standard InChI is InChI=1S/C16H13F3N2O2/c1-23-15(22)12-11-6-2-3-8-21(11)14(13(12)16(17,18)19)10-5-4-7-20-9-10/h2,4-7,9H,3,8H2,1H3. The predicted molar refractivity (Wildman–Crippen MR) is 77.7 cm³/mol. The van der Waals surface area contributed by atoms with E-state index in [-0.39, 0.29) is 11.4 Å². The highest BCUT2D eigenvalue weighted by atomic mass is 19.4. The lowest BCUT2D eigenvalue weighted by Crippen LogP contribution is -2.13. The zero-order valence-electron chi connectivity index (χ0n) is 12.2. The molecule has 0 amide bonds. The Balaban J connectivity index is 2.41. The summed E-state index contributed by atoms with van der Waals surface area (Å²) in [7, 11) is 1.07. The highest BCUT2D eigenvalue weighted by Crippen LogP contribution is 2.44. The molecule has 0 fully saturated rings. The van der Waals surface area contributed by atoms with Gasteiger partial charge in [0.1, 0.15) is 0 Å². The highest BCUT2D eigenvalue weighted by molar-refractivity contribution is 5.98. The molecule has 0 radical (unpaired) electrons. The molecule has 3 rings (SSSR count). The summed E-state index contributed by atoms with van der Waals surface area (Å²) >= 11 is 0. The summed E-state index contributed by atoms with van der Waals surface area (Å²) < 4.78 is 47.2. The van der Waals surface area contributed by atoms with E-state index in [1.54, 1.807) is 18.2 Å². The number of hydrogen-bond donors (Lipinski definition) is 0. The van der Waals surface area contributed by atoms with Crippen molar-refractivity contribution in [3.05, 3.63) is 47.4 Å². The molecule has 2 aromatic heterocycles. The van der Waals surface area contributed by atoms with E-state index in [9.17, 15) is 18.0 Å². The number of hydrogen-bond acceptors (Lipinski definition) is 3. The third kappa shape index (κ3) is 2.52. The van der Waals surface area contributed by atoms with Crippen LogP contribution >= 0.6 is 0 Å². The maximum Gasteiger partial charge on any atom is 0.419 e. The quantitative estimate of drug-likeness (QED) is 0.791. The summed E-state index contributed by atoms with van der Waals surface area (Å²) in [6.07, 6.45) is 2.02. The predicted octanol–water partition coefficient (Wildman–Crippen LogP) is 3.77. The van der Waals surface area contributed by atoms with Gasteiger partial charge in [0.15, 0.2) is 0 Å². The van der Waals surface area contributed by atoms with E-state index >= 15 is 0 Å². The molecule has 0 spiro atoms. The minimum Gasteiger partial charge on any atom is -0.465 e. The second-order valence-corrected chi connectivity index (χ2v) is 5.06. The number of fused-ring (bicyclic) bond motifs is 1. The number of methoxy groups -OCH3 is 1. The Kier molecular flexibility index (Phi) is 3.71. The Morgan fingerprint density at radius 3 is 2.78 bits per heavy atom. The summed E-state index contributed by atoms with van der Waals surface area (Å²) in [5.74, 6) is -0.997. The number of esters is 1. The summed E-state index contributed by atoms with van der Waals surface area (Å²) in [6.45, 7) is 0.357. The molecule has 120 valence electrons. The van der Waals surface area contributed by atoms with Gasteiger partial charge in [-0.3, -0.25) is 4.98 Å². The first-order valence-electron chi connectivity index (χ1n) is 6.94. The first kappa shape index (κ1) is 15.3. The Morgan fingerprint density at radius 2 is 2.17 bits per heavy atom. The number of carbonyl (C=O) groups is 1. The average molecular weight is 322 g/mol. The maximum atomic E-state index is 13.7. The Morgan fingerprint density at radius 1 is 1.39 bits per heavy atom. The van der Waals surface area contributed by atoms with Crippen molar-refractivity contribution in [2.75, 3.05) is 7.11 Å². The fourth-order valence-corrected chi connectivity index (χ4v) is 2.83. The number of alkyl halides is 3. The van der Waals surface area contributed by atoms with Crippen LogP contribution in [0.15, 0.2) is 30.6 Å². The molecule has 0 unspecified atom stereocenters. The van der Waals surface area contributed by atoms with Crippen molar-refractivity contribution in [1.82, 2.24) is 9.55 Å². The van der Waals surface area contributed by atoms with Gasteiger partial charge in [-0.05, 0) is 24.6 Å². The van der Waals surface area contributed by atoms with E-state index in [4.69, 9.17) is 0 Å². The molecule has 0 atom stereocenters. The minimum absolute atomic E-state index is 0.0506. The van der Waals surface area contributed by atoms with Crippen LogP contribution in [0, 0.1) is 0 Å². The Hall–Kier alpha value is -2.57. The van der Waals surface area contributed by atoms with Crippen molar-refractivity contribution in [1.29, 1.82) is 0 Å². The third-order valence-electron chi connectivity index (χ3n) is 3.71. The number of pyridine rings is 1. The molecule has 0 bridgehead atoms. The van der Waals surface area contributed by atoms with Gasteiger partial charge in [-0.2, -0.15) is 13.2 Å². The molecule has 1 aliphatic heterocycles. The summed E-state index contributed by atoms with van der Waals surface area (Å²) in [4.78, 5) is 15.9. The molecule has 0 saturated heterocycles. The van der Waals surface area contributed by atoms with Gasteiger partial charge < -0.3 is 9.30 Å². The number of rotatable bonds is 2. The lowest BCUT2D eigenvalue weighted by Gasteiger charge is -2.15. The second kappa shape index (κ2) is 5.57. The Labute approximate surface area is 130 Å². The molecule has 2 aromatic rings. The van der Waals surface area contributed by atoms with Crippen molar-refractivity contribution in [3.8, 4) is 11.3 Å². The lowest BCUT2D eigenvalue weighted by molar-refractivity contribution is -0.137. The Bertz CT molecular complexity index is 777. The molecule has 0 aliphatic carbocycles. The van der Waals surface area contributed by atoms with Gasteiger partial charge in [-0.15, -0.1) is 0 Å². The second-order valence-electron chi connectivity index (χ2n) is 5.06. The van der Waals surface area contributed by atoms with Crippen LogP contribution in [-0.4, -0.2) is 22.6 Å². The van der Waals surface area contributed by atoms with Crippen molar-refractivity contribution in [2.24, 2.45) is 0 Å². The summed E-state index contributed by atoms with van der Waals surface area (Å²) in [5.41, 5.74) is -0.945. The number of aromatic nitrogens is 2. The number of allylic oxidation sites excluding steroid dienone is 1. The van der Waals surface area contributed by atoms with Gasteiger partial charge in [-0.1, -0.05) is 6.08 Å². The molecule has 0 saturated carbocycles. The largest absolute Gasteiger partial charge is 0.465 e. The van der Waals surface area contributed by atoms with E-state index in [0.29, 0.717) is 18.5 Å². The highest BCUT2D eigenvalue weighted by Gasteiger charge is 2.43. The first-order valence-corrected chi connectivity index (χ1v) is 6.94. The van der Waals surface area contributed by atoms with Crippen LogP contribution in [0.1, 0.15) is 28.0 Å². The lowest BCUT2D eigenvalue weighted by atomic mass is 10.0. The zero-order chi connectivity index (χ0) is 16.6. The summed E-state index contributed by atoms with van der Waals surface area (Å²) in [6, 6.07) is 3.11. The number of carbonyl (C=O) groups excluding carboxylic acids is 1. The van der Waals surface area contributed by atoms with Crippen LogP contribution < -0.4 is 0 Å². The smallest absolute Gasteiger partial charge is 0.419 e. The molecule has 23 heavy (non-hydrogen) atoms. The van der Waals surface area contributed by atoms with Crippen LogP contribution in [0.3, 0.4) is 0 Å². The number of nitrogens with zero attached hydrogens (tertiary/aromatic N) is 2. The number of ether oxygens (including phenoxy) is 1. The zero-order valence-corrected chi connectivity index (χ0v) is 12.2. The van der Waals surface area contributed by atoms with Crippen LogP contribution in [-0.2, 0) is 17.5 Å². The molecule has 4 nitrogen and oxygen atoms in total. The van der Waals surface area contributed by atoms with Crippen molar-refractivity contribution >= 4 is 12.0 Å². The van der Waals surface area contributed by atoms with Gasteiger partial charge >= 0.3 is 12.1 Å². The molecular weight excluding hydrogens is 309 g/mol. The van der Waals surface area contributed by atoms with E-state index in [0.717, 1.165) is 7.11 Å². The van der Waals surface area contributed by atoms with Gasteiger partial charge in [0, 0.05) is 24.5 Å². The molecule has 1 aliphatic rings. The van der Waals surface area contributed by atoms with Crippen LogP contribution in [0.25, 0.3) is 17.3 Å². The maximum absolute atomic E-state index is 13.7. The van der Waals surface area contributed by atoms with Crippen LogP contribution in [0.2, 0.25) is 0 Å². The van der Waals surface area contributed by atoms with Gasteiger partial charge in [-0.25, -0.2) is 4.79 Å². The van der Waals surface area contributed by atoms with Crippen molar-refractivity contribution < 1.29 is 22.7 Å². The summed E-state index contributed by atoms with van der Waals surface area (Å²) in [5, 5.41) is 0. The van der Waals surface area contributed by atoms with E-state index in [1.807, 2.05) is 0 Å². The van der Waals surface area contributed by atoms with Gasteiger partial charge in [0.05, 0.1) is 29.6 Å². The normalized spacial score (nSPS) is 13.7. The fraction of sp³-hybridized carbons (Fsp3) is 0.250. The van der Waals surface area contributed by atoms with Gasteiger partial charge in [0.2, 0.25) is 0 Å². The molecule has 7 heteroatoms. The van der Waals surface area contributed by atoms with E-state index in [2.05, 4.69) is 9.72 Å². The fourth-order valence-electron chi connectivity index (χ4n) is 2.83. The van der Waals surface area contributed by atoms with E-state index in [1.165, 1.54) is 23.0 Å². The van der Waals surface area contributed by atoms with Gasteiger partial charge in [0.25, 0.3) is 0 Å². The van der Waals surface area contributed by atoms with Crippen molar-refractivity contribution in [3.63, 3.8) is 0 Å². The first-order chi connectivity index (χ1) is 10.9. The van der Waals surface area contributed by atoms with E-state index < -0.39 is 23.3 Å². The van der Waals surface area contributed by atoms with Crippen molar-refractivity contribution in [2.45, 2.75) is 19.1 Å². The molecule has 3 heterocycles. The molecule has 0 aromatic carbocycles.